The molecule has 0 spiro atoms. The van der Waals surface area contributed by atoms with Crippen LogP contribution < -0.4 is 9.62 Å². The second-order valence-electron chi connectivity index (χ2n) is 7.85. The maximum atomic E-state index is 12.8. The van der Waals surface area contributed by atoms with Crippen molar-refractivity contribution >= 4 is 62.9 Å². The van der Waals surface area contributed by atoms with Gasteiger partial charge in [0.15, 0.2) is 0 Å². The smallest absolute Gasteiger partial charge is 0.269 e. The lowest BCUT2D eigenvalue weighted by molar-refractivity contribution is -0.120. The van der Waals surface area contributed by atoms with Crippen LogP contribution in [0.2, 0.25) is 5.02 Å². The third-order valence-electron chi connectivity index (χ3n) is 5.46. The minimum absolute atomic E-state index is 0.207. The SMILES string of the molecule is CC(C)N(C)S(=O)(=O)NC(=O)/C(Cl)=C/c1cc(N2C(=O)C3=C(CCCC3)C2=O)ccc1Cl. The van der Waals surface area contributed by atoms with Crippen LogP contribution in [0.15, 0.2) is 34.4 Å². The number of carbonyl (C=O) groups is 3. The molecule has 1 aliphatic heterocycles. The number of amides is 3. The van der Waals surface area contributed by atoms with Crippen molar-refractivity contribution in [1.82, 2.24) is 9.03 Å². The molecule has 172 valence electrons. The van der Waals surface area contributed by atoms with Crippen LogP contribution >= 0.6 is 23.2 Å². The standard InChI is InChI=1S/C21H23Cl2N3O5S/c1-12(2)25(3)32(30,31)24-19(27)18(23)11-13-10-14(8-9-17(13)22)26-20(28)15-6-4-5-7-16(15)21(26)29/h8-12H,4-7H2,1-3H3,(H,24,27)/b18-11-. The molecule has 32 heavy (non-hydrogen) atoms. The Labute approximate surface area is 197 Å². The summed E-state index contributed by atoms with van der Waals surface area (Å²) < 4.78 is 27.3. The lowest BCUT2D eigenvalue weighted by Crippen LogP contribution is -2.44. The summed E-state index contributed by atoms with van der Waals surface area (Å²) in [5.74, 6) is -1.74. The summed E-state index contributed by atoms with van der Waals surface area (Å²) in [7, 11) is -2.75. The van der Waals surface area contributed by atoms with Gasteiger partial charge in [0.2, 0.25) is 0 Å². The van der Waals surface area contributed by atoms with Crippen molar-refractivity contribution in [3.05, 3.63) is 45.0 Å². The average molecular weight is 500 g/mol. The van der Waals surface area contributed by atoms with Gasteiger partial charge in [0.1, 0.15) is 5.03 Å². The number of nitrogens with zero attached hydrogens (tertiary/aromatic N) is 2. The number of carbonyl (C=O) groups excluding carboxylic acids is 3. The Bertz CT molecular complexity index is 1130. The summed E-state index contributed by atoms with van der Waals surface area (Å²) in [6, 6.07) is 4.10. The van der Waals surface area contributed by atoms with Gasteiger partial charge in [-0.15, -0.1) is 0 Å². The van der Waals surface area contributed by atoms with Gasteiger partial charge in [-0.2, -0.15) is 12.7 Å². The molecule has 0 radical (unpaired) electrons. The van der Waals surface area contributed by atoms with Crippen molar-refractivity contribution in [3.63, 3.8) is 0 Å². The van der Waals surface area contributed by atoms with E-state index in [-0.39, 0.29) is 28.4 Å². The summed E-state index contributed by atoms with van der Waals surface area (Å²) in [6.45, 7) is 3.31. The van der Waals surface area contributed by atoms with E-state index in [1.165, 1.54) is 31.3 Å². The topological polar surface area (TPSA) is 104 Å². The molecule has 1 aromatic rings. The van der Waals surface area contributed by atoms with Gasteiger partial charge in [-0.1, -0.05) is 23.2 Å². The van der Waals surface area contributed by atoms with E-state index in [2.05, 4.69) is 0 Å². The normalized spacial score (nSPS) is 17.5. The minimum Gasteiger partial charge on any atom is -0.269 e. The van der Waals surface area contributed by atoms with Crippen LogP contribution in [0.1, 0.15) is 45.1 Å². The lowest BCUT2D eigenvalue weighted by Gasteiger charge is -2.20. The fourth-order valence-electron chi connectivity index (χ4n) is 3.47. The quantitative estimate of drug-likeness (QED) is 0.477. The fraction of sp³-hybridized carbons (Fsp3) is 0.381. The number of benzene rings is 1. The van der Waals surface area contributed by atoms with Crippen LogP contribution in [0.4, 0.5) is 5.69 Å². The molecule has 2 aliphatic rings. The van der Waals surface area contributed by atoms with Gasteiger partial charge in [-0.3, -0.25) is 14.4 Å². The Kier molecular flexibility index (Phi) is 7.14. The van der Waals surface area contributed by atoms with Gasteiger partial charge in [0.05, 0.1) is 5.69 Å². The number of nitrogens with one attached hydrogen (secondary N) is 1. The van der Waals surface area contributed by atoms with Crippen molar-refractivity contribution in [2.75, 3.05) is 11.9 Å². The molecule has 0 bridgehead atoms. The number of halogens is 2. The van der Waals surface area contributed by atoms with Gasteiger partial charge < -0.3 is 0 Å². The first-order valence-corrected chi connectivity index (χ1v) is 12.2. The molecule has 8 nitrogen and oxygen atoms in total. The van der Waals surface area contributed by atoms with Crippen LogP contribution in [-0.4, -0.2) is 43.5 Å². The molecule has 1 N–H and O–H groups in total. The fourth-order valence-corrected chi connectivity index (χ4v) is 4.91. The predicted molar refractivity (Wildman–Crippen MR) is 123 cm³/mol. The van der Waals surface area contributed by atoms with Gasteiger partial charge in [0, 0.05) is 29.3 Å². The summed E-state index contributed by atoms with van der Waals surface area (Å²) in [6.07, 6.45) is 4.05. The Morgan fingerprint density at radius 3 is 2.25 bits per heavy atom. The molecular weight excluding hydrogens is 477 g/mol. The first kappa shape index (κ1) is 24.4. The molecule has 1 heterocycles. The Hall–Kier alpha value is -2.20. The molecule has 0 aromatic heterocycles. The molecule has 3 rings (SSSR count). The predicted octanol–water partition coefficient (Wildman–Crippen LogP) is 3.36. The molecule has 3 amide bonds. The van der Waals surface area contributed by atoms with Crippen LogP contribution in [0.5, 0.6) is 0 Å². The van der Waals surface area contributed by atoms with E-state index < -0.39 is 21.1 Å². The Morgan fingerprint density at radius 2 is 1.72 bits per heavy atom. The van der Waals surface area contributed by atoms with Crippen LogP contribution in [0.3, 0.4) is 0 Å². The molecule has 0 atom stereocenters. The van der Waals surface area contributed by atoms with Crippen molar-refractivity contribution in [3.8, 4) is 0 Å². The molecule has 0 saturated carbocycles. The molecule has 0 fully saturated rings. The maximum absolute atomic E-state index is 12.8. The van der Waals surface area contributed by atoms with Crippen LogP contribution in [-0.2, 0) is 24.6 Å². The lowest BCUT2D eigenvalue weighted by atomic mass is 9.93. The third-order valence-corrected chi connectivity index (χ3v) is 7.70. The zero-order valence-corrected chi connectivity index (χ0v) is 20.1. The second kappa shape index (κ2) is 9.35. The van der Waals surface area contributed by atoms with E-state index in [4.69, 9.17) is 23.2 Å². The monoisotopic (exact) mass is 499 g/mol. The largest absolute Gasteiger partial charge is 0.304 e. The Balaban J connectivity index is 1.86. The number of hydrogen-bond donors (Lipinski definition) is 1. The van der Waals surface area contributed by atoms with Gasteiger partial charge >= 0.3 is 10.2 Å². The highest BCUT2D eigenvalue weighted by molar-refractivity contribution is 7.87. The first-order chi connectivity index (χ1) is 14.9. The van der Waals surface area contributed by atoms with E-state index in [9.17, 15) is 22.8 Å². The first-order valence-electron chi connectivity index (χ1n) is 10.0. The van der Waals surface area contributed by atoms with Crippen molar-refractivity contribution in [2.24, 2.45) is 0 Å². The summed E-state index contributed by atoms with van der Waals surface area (Å²) in [5.41, 5.74) is 1.64. The van der Waals surface area contributed by atoms with E-state index in [0.717, 1.165) is 22.0 Å². The van der Waals surface area contributed by atoms with Gasteiger partial charge in [0.25, 0.3) is 17.7 Å². The second-order valence-corrected chi connectivity index (χ2v) is 10.4. The highest BCUT2D eigenvalue weighted by Gasteiger charge is 2.39. The zero-order chi connectivity index (χ0) is 23.8. The summed E-state index contributed by atoms with van der Waals surface area (Å²) in [5, 5.41) is -0.222. The molecule has 1 aromatic carbocycles. The van der Waals surface area contributed by atoms with E-state index in [0.29, 0.717) is 29.7 Å². The third kappa shape index (κ3) is 4.76. The molecule has 1 aliphatic carbocycles. The average Bonchev–Trinajstić information content (AvgIpc) is 2.99. The number of rotatable bonds is 6. The zero-order valence-electron chi connectivity index (χ0n) is 17.8. The number of anilines is 1. The molecule has 0 unspecified atom stereocenters. The van der Waals surface area contributed by atoms with Crippen molar-refractivity contribution in [2.45, 2.75) is 45.6 Å². The molecule has 0 saturated heterocycles. The van der Waals surface area contributed by atoms with Gasteiger partial charge in [-0.25, -0.2) is 9.62 Å². The maximum Gasteiger partial charge on any atom is 0.304 e. The minimum atomic E-state index is -4.08. The van der Waals surface area contributed by atoms with Gasteiger partial charge in [-0.05, 0) is 69.4 Å². The van der Waals surface area contributed by atoms with Crippen molar-refractivity contribution < 1.29 is 22.8 Å². The number of imide groups is 1. The molecular formula is C21H23Cl2N3O5S. The van der Waals surface area contributed by atoms with Crippen LogP contribution in [0, 0.1) is 0 Å². The van der Waals surface area contributed by atoms with Crippen molar-refractivity contribution in [1.29, 1.82) is 0 Å². The van der Waals surface area contributed by atoms with E-state index in [1.54, 1.807) is 13.8 Å². The number of hydrogen-bond acceptors (Lipinski definition) is 5. The van der Waals surface area contributed by atoms with Crippen LogP contribution in [0.25, 0.3) is 6.08 Å². The Morgan fingerprint density at radius 1 is 1.16 bits per heavy atom. The van der Waals surface area contributed by atoms with E-state index >= 15 is 0 Å². The summed E-state index contributed by atoms with van der Waals surface area (Å²) >= 11 is 12.3. The highest BCUT2D eigenvalue weighted by Crippen LogP contribution is 2.37. The summed E-state index contributed by atoms with van der Waals surface area (Å²) in [4.78, 5) is 39.0. The highest BCUT2D eigenvalue weighted by atomic mass is 35.5. The molecule has 11 heteroatoms. The van der Waals surface area contributed by atoms with E-state index in [1.807, 2.05) is 4.72 Å².